The van der Waals surface area contributed by atoms with E-state index in [1.807, 2.05) is 18.2 Å². The maximum Gasteiger partial charge on any atom is 0.263 e. The highest BCUT2D eigenvalue weighted by atomic mass is 35.5. The Kier molecular flexibility index (Phi) is 16.3. The summed E-state index contributed by atoms with van der Waals surface area (Å²) >= 11 is 6.42. The summed E-state index contributed by atoms with van der Waals surface area (Å²) in [6, 6.07) is 12.6. The van der Waals surface area contributed by atoms with Crippen LogP contribution in [0.2, 0.25) is 5.02 Å². The Balaban J connectivity index is 0.000000478. The number of nitrogens with one attached hydrogen (secondary N) is 2. The van der Waals surface area contributed by atoms with Crippen LogP contribution in [0.4, 0.5) is 5.69 Å². The second-order valence-corrected chi connectivity index (χ2v) is 17.8. The first kappa shape index (κ1) is 42.7. The average Bonchev–Trinajstić information content (AvgIpc) is 3.35. The number of piperidine rings is 1. The topological polar surface area (TPSA) is 92.4 Å². The summed E-state index contributed by atoms with van der Waals surface area (Å²) < 4.78 is 33.0. The van der Waals surface area contributed by atoms with Gasteiger partial charge in [-0.2, -0.15) is 0 Å². The first-order valence-electron chi connectivity index (χ1n) is 20.3. The summed E-state index contributed by atoms with van der Waals surface area (Å²) in [6.45, 7) is 15.8. The molecule has 11 heteroatoms. The van der Waals surface area contributed by atoms with Gasteiger partial charge in [-0.15, -0.1) is 0 Å². The van der Waals surface area contributed by atoms with E-state index in [9.17, 15) is 9.00 Å². The minimum absolute atomic E-state index is 0.119. The molecular weight excluding hydrogens is 720 g/mol. The van der Waals surface area contributed by atoms with Gasteiger partial charge in [0.15, 0.2) is 0 Å². The van der Waals surface area contributed by atoms with Crippen molar-refractivity contribution in [2.24, 2.45) is 11.8 Å². The van der Waals surface area contributed by atoms with Crippen LogP contribution < -0.4 is 19.7 Å². The second-order valence-electron chi connectivity index (χ2n) is 15.7. The zero-order chi connectivity index (χ0) is 38.7. The number of hydrogen-bond donors (Lipinski definition) is 2. The third kappa shape index (κ3) is 10.9. The molecule has 3 heterocycles. The van der Waals surface area contributed by atoms with Crippen LogP contribution in [-0.2, 0) is 26.9 Å². The molecule has 2 aromatic carbocycles. The minimum atomic E-state index is -1.57. The lowest BCUT2D eigenvalue weighted by Gasteiger charge is -2.48. The SMILES string of the molecule is C1CCN2CCNCC2C1.CC/C=C/[C@](C)(OC)C1CCC1CN1CC(c2ccc(Cl)cc2CCC)COc2ccc(C(=O)NS(=O)C(C)COC)cc21. The van der Waals surface area contributed by atoms with E-state index in [0.29, 0.717) is 30.6 Å². The Morgan fingerprint density at radius 2 is 1.98 bits per heavy atom. The molecule has 0 radical (unpaired) electrons. The molecule has 1 saturated carbocycles. The highest BCUT2D eigenvalue weighted by Gasteiger charge is 2.45. The zero-order valence-corrected chi connectivity index (χ0v) is 35.1. The van der Waals surface area contributed by atoms with Gasteiger partial charge < -0.3 is 24.4 Å². The van der Waals surface area contributed by atoms with E-state index in [4.69, 9.17) is 25.8 Å². The molecule has 6 unspecified atom stereocenters. The number of allylic oxidation sites excluding steroid dienone is 1. The number of nitrogens with zero attached hydrogens (tertiary/aromatic N) is 2. The monoisotopic (exact) mass is 784 g/mol. The molecule has 9 nitrogen and oxygen atoms in total. The van der Waals surface area contributed by atoms with E-state index in [2.05, 4.69) is 64.9 Å². The van der Waals surface area contributed by atoms with Crippen LogP contribution in [0.1, 0.15) is 100 Å². The number of fused-ring (bicyclic) bond motifs is 2. The summed E-state index contributed by atoms with van der Waals surface area (Å²) in [7, 11) is 1.79. The molecule has 3 aliphatic heterocycles. The lowest BCUT2D eigenvalue weighted by Crippen LogP contribution is -2.53. The Morgan fingerprint density at radius 3 is 2.69 bits per heavy atom. The Bertz CT molecular complexity index is 1550. The fourth-order valence-corrected chi connectivity index (χ4v) is 9.56. The van der Waals surface area contributed by atoms with Gasteiger partial charge in [0, 0.05) is 69.5 Å². The number of piperazine rings is 1. The predicted octanol–water partition coefficient (Wildman–Crippen LogP) is 7.55. The molecule has 2 aromatic rings. The van der Waals surface area contributed by atoms with Gasteiger partial charge in [-0.05, 0) is 112 Å². The van der Waals surface area contributed by atoms with Gasteiger partial charge in [-0.1, -0.05) is 56.5 Å². The lowest BCUT2D eigenvalue weighted by molar-refractivity contribution is -0.0620. The average molecular weight is 786 g/mol. The molecule has 2 N–H and O–H groups in total. The van der Waals surface area contributed by atoms with Crippen molar-refractivity contribution in [2.45, 2.75) is 102 Å². The largest absolute Gasteiger partial charge is 0.491 e. The van der Waals surface area contributed by atoms with E-state index in [-0.39, 0.29) is 22.7 Å². The number of halogens is 1. The van der Waals surface area contributed by atoms with Gasteiger partial charge in [0.1, 0.15) is 16.7 Å². The number of carbonyl (C=O) groups is 1. The molecular formula is C43H65ClN4O5S. The van der Waals surface area contributed by atoms with Gasteiger partial charge in [0.05, 0.1) is 29.8 Å². The summed E-state index contributed by atoms with van der Waals surface area (Å²) in [5.41, 5.74) is 3.51. The number of methoxy groups -OCH3 is 2. The maximum atomic E-state index is 13.2. The van der Waals surface area contributed by atoms with Crippen LogP contribution in [0, 0.1) is 11.8 Å². The Hall–Kier alpha value is -2.47. The van der Waals surface area contributed by atoms with Gasteiger partial charge in [-0.3, -0.25) is 14.4 Å². The number of aryl methyl sites for hydroxylation is 1. The summed E-state index contributed by atoms with van der Waals surface area (Å²) in [6.07, 6.45) is 13.9. The van der Waals surface area contributed by atoms with E-state index < -0.39 is 11.0 Å². The molecule has 54 heavy (non-hydrogen) atoms. The van der Waals surface area contributed by atoms with Crippen molar-refractivity contribution in [1.82, 2.24) is 14.9 Å². The standard InChI is InChI=1S/C35H49ClN2O5S.C8H16N2/c1-7-9-17-35(4,42-6)31-15-11-27(31)20-38-21-28(30-14-13-29(36)18-25(30)10-8-2)23-43-33-16-12-26(19-32(33)38)34(39)37-44(40)24(3)22-41-5;1-2-5-10-6-4-9-7-8(10)3-1/h9,12-14,16-19,24,27-28,31H,7-8,10-11,15,20-23H2,1-6H3,(H,37,39);8-9H,1-7H2/b17-9+;/t24?,27?,28?,31?,35-,44?;/m0./s1. The van der Waals surface area contributed by atoms with Crippen molar-refractivity contribution in [3.8, 4) is 5.75 Å². The second kappa shape index (κ2) is 20.6. The number of anilines is 1. The number of ether oxygens (including phenoxy) is 3. The van der Waals surface area contributed by atoms with Crippen molar-refractivity contribution in [3.05, 3.63) is 70.3 Å². The van der Waals surface area contributed by atoms with Crippen molar-refractivity contribution in [1.29, 1.82) is 0 Å². The maximum absolute atomic E-state index is 13.2. The predicted molar refractivity (Wildman–Crippen MR) is 222 cm³/mol. The van der Waals surface area contributed by atoms with Crippen LogP contribution in [0.3, 0.4) is 0 Å². The van der Waals surface area contributed by atoms with Gasteiger partial charge in [0.25, 0.3) is 5.91 Å². The first-order valence-corrected chi connectivity index (χ1v) is 21.9. The zero-order valence-electron chi connectivity index (χ0n) is 33.5. The fraction of sp³-hybridized carbons (Fsp3) is 0.651. The molecule has 1 amide bonds. The van der Waals surface area contributed by atoms with Crippen LogP contribution in [-0.4, -0.2) is 98.6 Å². The number of carbonyl (C=O) groups excluding carboxylic acids is 1. The van der Waals surface area contributed by atoms with Crippen molar-refractivity contribution >= 4 is 34.2 Å². The third-order valence-electron chi connectivity index (χ3n) is 11.9. The fourth-order valence-electron chi connectivity index (χ4n) is 8.60. The number of benzene rings is 2. The van der Waals surface area contributed by atoms with Crippen LogP contribution in [0.5, 0.6) is 5.75 Å². The number of hydrogen-bond acceptors (Lipinski definition) is 8. The molecule has 3 fully saturated rings. The highest BCUT2D eigenvalue weighted by Crippen LogP contribution is 2.46. The van der Waals surface area contributed by atoms with E-state index in [1.165, 1.54) is 56.6 Å². The Labute approximate surface area is 332 Å². The molecule has 2 saturated heterocycles. The molecule has 1 aliphatic carbocycles. The quantitative estimate of drug-likeness (QED) is 0.190. The number of rotatable bonds is 14. The van der Waals surface area contributed by atoms with E-state index >= 15 is 0 Å². The molecule has 0 bridgehead atoms. The summed E-state index contributed by atoms with van der Waals surface area (Å²) in [5, 5.41) is 3.86. The molecule has 0 spiro atoms. The van der Waals surface area contributed by atoms with Gasteiger partial charge >= 0.3 is 0 Å². The smallest absolute Gasteiger partial charge is 0.263 e. The molecule has 300 valence electrons. The van der Waals surface area contributed by atoms with Crippen LogP contribution in [0.15, 0.2) is 48.6 Å². The van der Waals surface area contributed by atoms with Gasteiger partial charge in [0.2, 0.25) is 0 Å². The summed E-state index contributed by atoms with van der Waals surface area (Å²) in [5.74, 6) is 1.28. The lowest BCUT2D eigenvalue weighted by atomic mass is 9.64. The third-order valence-corrected chi connectivity index (χ3v) is 13.4. The van der Waals surface area contributed by atoms with Crippen molar-refractivity contribution < 1.29 is 23.2 Å². The highest BCUT2D eigenvalue weighted by molar-refractivity contribution is 7.84. The van der Waals surface area contributed by atoms with Crippen LogP contribution in [0.25, 0.3) is 0 Å². The molecule has 7 atom stereocenters. The molecule has 0 aromatic heterocycles. The normalized spacial score (nSPS) is 25.1. The molecule has 6 rings (SSSR count). The van der Waals surface area contributed by atoms with E-state index in [1.54, 1.807) is 27.2 Å². The van der Waals surface area contributed by atoms with Crippen molar-refractivity contribution in [2.75, 3.05) is 71.6 Å². The summed E-state index contributed by atoms with van der Waals surface area (Å²) in [4.78, 5) is 18.3. The van der Waals surface area contributed by atoms with Gasteiger partial charge in [-0.25, -0.2) is 4.21 Å². The van der Waals surface area contributed by atoms with E-state index in [0.717, 1.165) is 67.7 Å². The van der Waals surface area contributed by atoms with Crippen molar-refractivity contribution in [3.63, 3.8) is 0 Å². The Morgan fingerprint density at radius 1 is 1.15 bits per heavy atom. The first-order chi connectivity index (χ1) is 26.1. The van der Waals surface area contributed by atoms with Crippen LogP contribution >= 0.6 is 11.6 Å². The number of amides is 1. The minimum Gasteiger partial charge on any atom is -0.491 e. The molecule has 4 aliphatic rings.